The number of rotatable bonds is 7. The predicted octanol–water partition coefficient (Wildman–Crippen LogP) is 1.69. The number of aromatic amines is 1. The van der Waals surface area contributed by atoms with Gasteiger partial charge in [0.15, 0.2) is 5.69 Å². The van der Waals surface area contributed by atoms with Gasteiger partial charge in [-0.25, -0.2) is 4.79 Å². The van der Waals surface area contributed by atoms with Crippen LogP contribution in [-0.4, -0.2) is 34.6 Å². The Labute approximate surface area is 176 Å². The van der Waals surface area contributed by atoms with Crippen molar-refractivity contribution in [3.05, 3.63) is 56.7 Å². The molecule has 30 heavy (non-hydrogen) atoms. The maximum Gasteiger partial charge on any atom is 0.330 e. The number of hydrogen-bond acceptors (Lipinski definition) is 5. The average Bonchev–Trinajstić information content (AvgIpc) is 3.05. The van der Waals surface area contributed by atoms with E-state index in [1.54, 1.807) is 6.92 Å². The van der Waals surface area contributed by atoms with Crippen LogP contribution in [-0.2, 0) is 11.3 Å². The Hall–Kier alpha value is -2.87. The third-order valence-electron chi connectivity index (χ3n) is 6.04. The molecule has 1 aliphatic rings. The Balaban J connectivity index is 1.86. The molecule has 0 bridgehead atoms. The summed E-state index contributed by atoms with van der Waals surface area (Å²) < 4.78 is 1.29. The van der Waals surface area contributed by atoms with Gasteiger partial charge >= 0.3 is 5.69 Å². The highest BCUT2D eigenvalue weighted by Crippen LogP contribution is 2.37. The van der Waals surface area contributed by atoms with Crippen molar-refractivity contribution in [2.45, 2.75) is 52.6 Å². The van der Waals surface area contributed by atoms with Crippen LogP contribution in [0, 0.1) is 5.41 Å². The van der Waals surface area contributed by atoms with Crippen molar-refractivity contribution < 1.29 is 4.79 Å². The highest BCUT2D eigenvalue weighted by atomic mass is 16.2. The lowest BCUT2D eigenvalue weighted by Gasteiger charge is -2.29. The summed E-state index contributed by atoms with van der Waals surface area (Å²) in [6, 6.07) is 9.59. The Morgan fingerprint density at radius 3 is 2.60 bits per heavy atom. The van der Waals surface area contributed by atoms with E-state index in [9.17, 15) is 14.4 Å². The molecule has 1 saturated carbocycles. The monoisotopic (exact) mass is 413 g/mol. The van der Waals surface area contributed by atoms with Gasteiger partial charge in [0.25, 0.3) is 5.56 Å². The molecule has 4 N–H and O–H groups in total. The third kappa shape index (κ3) is 4.48. The number of benzene rings is 1. The van der Waals surface area contributed by atoms with E-state index in [0.717, 1.165) is 24.8 Å². The van der Waals surface area contributed by atoms with Gasteiger partial charge in [0.1, 0.15) is 5.82 Å². The summed E-state index contributed by atoms with van der Waals surface area (Å²) in [5, 5.41) is 3.35. The molecular weight excluding hydrogens is 382 g/mol. The maximum absolute atomic E-state index is 13.0. The fourth-order valence-corrected chi connectivity index (χ4v) is 4.23. The van der Waals surface area contributed by atoms with Gasteiger partial charge in [0.2, 0.25) is 5.91 Å². The molecule has 162 valence electrons. The first kappa shape index (κ1) is 21.8. The first-order valence-corrected chi connectivity index (χ1v) is 10.4. The Morgan fingerprint density at radius 2 is 2.00 bits per heavy atom. The summed E-state index contributed by atoms with van der Waals surface area (Å²) in [6.07, 6.45) is 3.28. The number of nitrogen functional groups attached to an aromatic ring is 1. The summed E-state index contributed by atoms with van der Waals surface area (Å²) >= 11 is 0. The highest BCUT2D eigenvalue weighted by Gasteiger charge is 2.34. The van der Waals surface area contributed by atoms with E-state index in [4.69, 9.17) is 5.73 Å². The molecule has 1 fully saturated rings. The molecule has 1 amide bonds. The summed E-state index contributed by atoms with van der Waals surface area (Å²) in [6.45, 7) is 6.76. The number of carbonyl (C=O) groups is 1. The zero-order valence-electron chi connectivity index (χ0n) is 17.9. The van der Waals surface area contributed by atoms with Gasteiger partial charge < -0.3 is 16.0 Å². The van der Waals surface area contributed by atoms with Gasteiger partial charge in [-0.3, -0.25) is 19.1 Å². The minimum Gasteiger partial charge on any atom is -0.383 e. The largest absolute Gasteiger partial charge is 0.383 e. The van der Waals surface area contributed by atoms with Gasteiger partial charge in [-0.05, 0) is 30.7 Å². The summed E-state index contributed by atoms with van der Waals surface area (Å²) in [7, 11) is 0. The van der Waals surface area contributed by atoms with Crippen LogP contribution in [0.25, 0.3) is 0 Å². The number of carbonyl (C=O) groups excluding carboxylic acids is 1. The second-order valence-electron chi connectivity index (χ2n) is 8.52. The Kier molecular flexibility index (Phi) is 6.45. The van der Waals surface area contributed by atoms with E-state index in [1.807, 2.05) is 30.3 Å². The van der Waals surface area contributed by atoms with Crippen LogP contribution in [0.2, 0.25) is 0 Å². The molecule has 0 aliphatic heterocycles. The highest BCUT2D eigenvalue weighted by molar-refractivity contribution is 5.96. The molecule has 0 spiro atoms. The minimum atomic E-state index is -0.654. The lowest BCUT2D eigenvalue weighted by Crippen LogP contribution is -2.47. The fraction of sp³-hybridized carbons (Fsp3) is 0.500. The molecule has 0 saturated heterocycles. The quantitative estimate of drug-likeness (QED) is 0.639. The van der Waals surface area contributed by atoms with E-state index in [2.05, 4.69) is 24.1 Å². The summed E-state index contributed by atoms with van der Waals surface area (Å²) in [5.74, 6) is -0.258. The molecule has 0 unspecified atom stereocenters. The molecule has 8 heteroatoms. The normalized spacial score (nSPS) is 17.8. The Bertz CT molecular complexity index is 1010. The second-order valence-corrected chi connectivity index (χ2v) is 8.52. The number of aromatic nitrogens is 2. The smallest absolute Gasteiger partial charge is 0.330 e. The number of likely N-dealkylation sites (N-methyl/N-ethyl adjacent to an activating group) is 1. The molecule has 1 atom stereocenters. The number of hydrogen-bond donors (Lipinski definition) is 3. The zero-order valence-corrected chi connectivity index (χ0v) is 17.9. The van der Waals surface area contributed by atoms with Gasteiger partial charge in [0.05, 0.1) is 13.1 Å². The van der Waals surface area contributed by atoms with Crippen LogP contribution in [0.15, 0.2) is 39.9 Å². The SMILES string of the molecule is CCN(C(=O)CN[C@@H]1CCCC1(C)C)c1c(N)n(Cc2ccccc2)c(=O)[nH]c1=O. The standard InChI is InChI=1S/C22H31N5O3/c1-4-26(17(28)13-24-16-11-8-12-22(16,2)3)18-19(23)27(21(30)25-20(18)29)14-15-9-6-5-7-10-15/h5-7,9-10,16,24H,4,8,11-14,23H2,1-3H3,(H,25,29,30)/t16-/m1/s1. The van der Waals surface area contributed by atoms with Crippen molar-refractivity contribution in [2.24, 2.45) is 5.41 Å². The summed E-state index contributed by atoms with van der Waals surface area (Å²) in [5.41, 5.74) is 6.00. The molecule has 3 rings (SSSR count). The second kappa shape index (κ2) is 8.87. The summed E-state index contributed by atoms with van der Waals surface area (Å²) in [4.78, 5) is 41.6. The zero-order chi connectivity index (χ0) is 21.9. The van der Waals surface area contributed by atoms with Crippen molar-refractivity contribution in [3.8, 4) is 0 Å². The van der Waals surface area contributed by atoms with Crippen LogP contribution < -0.4 is 27.2 Å². The van der Waals surface area contributed by atoms with Gasteiger partial charge in [0, 0.05) is 12.6 Å². The van der Waals surface area contributed by atoms with Crippen molar-refractivity contribution in [3.63, 3.8) is 0 Å². The average molecular weight is 414 g/mol. The number of nitrogens with zero attached hydrogens (tertiary/aromatic N) is 2. The first-order chi connectivity index (χ1) is 14.2. The van der Waals surface area contributed by atoms with Crippen molar-refractivity contribution in [1.82, 2.24) is 14.9 Å². The molecule has 1 aromatic heterocycles. The van der Waals surface area contributed by atoms with E-state index < -0.39 is 11.2 Å². The van der Waals surface area contributed by atoms with Crippen LogP contribution in [0.5, 0.6) is 0 Å². The number of nitrogens with one attached hydrogen (secondary N) is 2. The number of amides is 1. The lowest BCUT2D eigenvalue weighted by molar-refractivity contribution is -0.118. The molecular formula is C22H31N5O3. The number of anilines is 2. The first-order valence-electron chi connectivity index (χ1n) is 10.4. The molecule has 1 aromatic carbocycles. The third-order valence-corrected chi connectivity index (χ3v) is 6.04. The van der Waals surface area contributed by atoms with E-state index in [-0.39, 0.29) is 48.5 Å². The molecule has 1 aliphatic carbocycles. The van der Waals surface area contributed by atoms with Crippen molar-refractivity contribution in [1.29, 1.82) is 0 Å². The Morgan fingerprint density at radius 1 is 1.30 bits per heavy atom. The van der Waals surface area contributed by atoms with E-state index >= 15 is 0 Å². The van der Waals surface area contributed by atoms with Crippen molar-refractivity contribution in [2.75, 3.05) is 23.7 Å². The fourth-order valence-electron chi connectivity index (χ4n) is 4.23. The topological polar surface area (TPSA) is 113 Å². The van der Waals surface area contributed by atoms with E-state index in [1.165, 1.54) is 9.47 Å². The van der Waals surface area contributed by atoms with Crippen LogP contribution in [0.3, 0.4) is 0 Å². The lowest BCUT2D eigenvalue weighted by atomic mass is 9.87. The van der Waals surface area contributed by atoms with Gasteiger partial charge in [-0.1, -0.05) is 50.6 Å². The molecule has 1 heterocycles. The number of nitrogens with two attached hydrogens (primary N) is 1. The van der Waals surface area contributed by atoms with Crippen LogP contribution in [0.1, 0.15) is 45.6 Å². The van der Waals surface area contributed by atoms with Gasteiger partial charge in [-0.2, -0.15) is 0 Å². The number of H-pyrrole nitrogens is 1. The van der Waals surface area contributed by atoms with Crippen LogP contribution in [0.4, 0.5) is 11.5 Å². The van der Waals surface area contributed by atoms with Gasteiger partial charge in [-0.15, -0.1) is 0 Å². The molecule has 0 radical (unpaired) electrons. The van der Waals surface area contributed by atoms with E-state index in [0.29, 0.717) is 0 Å². The molecule has 8 nitrogen and oxygen atoms in total. The molecule has 2 aromatic rings. The minimum absolute atomic E-state index is 0.0102. The maximum atomic E-state index is 13.0. The predicted molar refractivity (Wildman–Crippen MR) is 119 cm³/mol. The van der Waals surface area contributed by atoms with Crippen molar-refractivity contribution >= 4 is 17.4 Å². The van der Waals surface area contributed by atoms with Crippen LogP contribution >= 0.6 is 0 Å².